The Kier molecular flexibility index (Phi) is 13.6. The molecule has 59 heavy (non-hydrogen) atoms. The summed E-state index contributed by atoms with van der Waals surface area (Å²) in [5.41, 5.74) is 10.0. The fourth-order valence-corrected chi connectivity index (χ4v) is 8.99. The molecule has 3 aliphatic rings. The molecular formula is C44H59N7O8. The fourth-order valence-electron chi connectivity index (χ4n) is 8.99. The lowest BCUT2D eigenvalue weighted by atomic mass is 9.99. The molecule has 8 atom stereocenters. The summed E-state index contributed by atoms with van der Waals surface area (Å²) < 4.78 is 20.9. The van der Waals surface area contributed by atoms with Crippen molar-refractivity contribution in [2.45, 2.75) is 108 Å². The Morgan fingerprint density at radius 1 is 0.678 bits per heavy atom. The average Bonchev–Trinajstić information content (AvgIpc) is 4.12. The SMILES string of the molecule is COC(O)N[C@H](C(=O)N1CCC[C@@H]1c1[nH]c(-c2ccc(-c3ccc(-c4cnc([C@@H]5CCCN5C(=O)[C@@H](NC(O)OC)[C@@H](C)OC)[nH]4)cc3)cc2)c2c1CCC2)[C@@H](C)OC. The lowest BCUT2D eigenvalue weighted by Crippen LogP contribution is -2.55. The number of aliphatic hydroxyl groups excluding tert-OH is 2. The number of methoxy groups -OCH3 is 4. The van der Waals surface area contributed by atoms with Gasteiger partial charge in [0.1, 0.15) is 17.9 Å². The molecule has 15 heteroatoms. The number of H-pyrrole nitrogens is 2. The van der Waals surface area contributed by atoms with E-state index in [1.54, 1.807) is 18.9 Å². The minimum Gasteiger partial charge on any atom is -0.380 e. The van der Waals surface area contributed by atoms with Gasteiger partial charge < -0.3 is 48.9 Å². The minimum absolute atomic E-state index is 0.0880. The number of carbonyl (C=O) groups excluding carboxylic acids is 2. The van der Waals surface area contributed by atoms with Gasteiger partial charge in [0.05, 0.1) is 36.2 Å². The van der Waals surface area contributed by atoms with Gasteiger partial charge in [0.25, 0.3) is 0 Å². The fraction of sp³-hybridized carbons (Fsp3) is 0.523. The highest BCUT2D eigenvalue weighted by molar-refractivity contribution is 5.84. The largest absolute Gasteiger partial charge is 0.380 e. The molecule has 4 aromatic rings. The third-order valence-electron chi connectivity index (χ3n) is 12.4. The van der Waals surface area contributed by atoms with Crippen LogP contribution >= 0.6 is 0 Å². The number of nitrogens with zero attached hydrogens (tertiary/aromatic N) is 3. The number of hydrogen-bond acceptors (Lipinski definition) is 11. The molecule has 6 N–H and O–H groups in total. The molecule has 2 aromatic carbocycles. The first kappa shape index (κ1) is 42.7. The predicted molar refractivity (Wildman–Crippen MR) is 221 cm³/mol. The van der Waals surface area contributed by atoms with Crippen molar-refractivity contribution in [3.05, 3.63) is 77.4 Å². The molecule has 2 aliphatic heterocycles. The summed E-state index contributed by atoms with van der Waals surface area (Å²) in [6, 6.07) is 15.1. The molecule has 0 bridgehead atoms. The molecule has 318 valence electrons. The molecule has 2 fully saturated rings. The predicted octanol–water partition coefficient (Wildman–Crippen LogP) is 4.39. The zero-order valence-electron chi connectivity index (χ0n) is 34.9. The number of aromatic amines is 2. The Morgan fingerprint density at radius 2 is 1.17 bits per heavy atom. The van der Waals surface area contributed by atoms with Crippen LogP contribution in [0.1, 0.15) is 80.7 Å². The van der Waals surface area contributed by atoms with Crippen LogP contribution in [-0.2, 0) is 41.4 Å². The van der Waals surface area contributed by atoms with Crippen LogP contribution < -0.4 is 10.6 Å². The molecule has 7 rings (SSSR count). The van der Waals surface area contributed by atoms with Crippen molar-refractivity contribution >= 4 is 11.8 Å². The molecule has 2 unspecified atom stereocenters. The summed E-state index contributed by atoms with van der Waals surface area (Å²) in [7, 11) is 5.84. The molecule has 1 aliphatic carbocycles. The monoisotopic (exact) mass is 813 g/mol. The van der Waals surface area contributed by atoms with Crippen LogP contribution in [0.15, 0.2) is 54.7 Å². The smallest absolute Gasteiger partial charge is 0.243 e. The Hall–Kier alpha value is -4.45. The Morgan fingerprint density at radius 3 is 1.71 bits per heavy atom. The van der Waals surface area contributed by atoms with Crippen molar-refractivity contribution in [1.29, 1.82) is 0 Å². The second-order valence-electron chi connectivity index (χ2n) is 15.8. The zero-order chi connectivity index (χ0) is 41.8. The zero-order valence-corrected chi connectivity index (χ0v) is 34.9. The van der Waals surface area contributed by atoms with Crippen LogP contribution in [0, 0.1) is 0 Å². The van der Waals surface area contributed by atoms with Gasteiger partial charge in [-0.25, -0.2) is 4.98 Å². The molecular weight excluding hydrogens is 755 g/mol. The molecule has 15 nitrogen and oxygen atoms in total. The number of imidazole rings is 1. The van der Waals surface area contributed by atoms with E-state index in [-0.39, 0.29) is 23.9 Å². The number of rotatable bonds is 17. The van der Waals surface area contributed by atoms with Gasteiger partial charge in [0.15, 0.2) is 0 Å². The normalized spacial score (nSPS) is 21.0. The summed E-state index contributed by atoms with van der Waals surface area (Å²) in [5.74, 6) is 0.424. The van der Waals surface area contributed by atoms with Gasteiger partial charge in [0.2, 0.25) is 24.6 Å². The van der Waals surface area contributed by atoms with E-state index in [4.69, 9.17) is 23.9 Å². The number of aromatic nitrogens is 3. The van der Waals surface area contributed by atoms with E-state index >= 15 is 0 Å². The van der Waals surface area contributed by atoms with Crippen LogP contribution in [-0.4, -0.2) is 125 Å². The van der Waals surface area contributed by atoms with E-state index in [0.717, 1.165) is 90.1 Å². The van der Waals surface area contributed by atoms with Crippen LogP contribution in [0.5, 0.6) is 0 Å². The summed E-state index contributed by atoms with van der Waals surface area (Å²) in [4.78, 5) is 43.4. The molecule has 2 saturated heterocycles. The van der Waals surface area contributed by atoms with Crippen molar-refractivity contribution in [3.8, 4) is 33.6 Å². The maximum absolute atomic E-state index is 14.0. The lowest BCUT2D eigenvalue weighted by molar-refractivity contribution is -0.149. The first-order chi connectivity index (χ1) is 28.6. The highest BCUT2D eigenvalue weighted by Gasteiger charge is 2.41. The van der Waals surface area contributed by atoms with Crippen molar-refractivity contribution in [2.24, 2.45) is 0 Å². The van der Waals surface area contributed by atoms with E-state index in [1.807, 2.05) is 18.0 Å². The van der Waals surface area contributed by atoms with E-state index < -0.39 is 37.1 Å². The Bertz CT molecular complexity index is 2030. The molecule has 0 radical (unpaired) electrons. The molecule has 4 heterocycles. The number of hydrogen-bond donors (Lipinski definition) is 6. The number of fused-ring (bicyclic) bond motifs is 1. The molecule has 0 saturated carbocycles. The first-order valence-corrected chi connectivity index (χ1v) is 20.7. The molecule has 0 spiro atoms. The second-order valence-corrected chi connectivity index (χ2v) is 15.8. The highest BCUT2D eigenvalue weighted by Crippen LogP contribution is 2.42. The standard InChI is InChI=1S/C44H59N7O8/c1-25(56-3)36(48-43(54)58-5)41(52)50-22-8-12-34(50)39-32-11-7-10-31(32)38(47-39)30-20-16-28(17-21-30)27-14-18-29(19-15-27)33-24-45-40(46-33)35-13-9-23-51(35)42(53)37(26(2)57-4)49-44(55)59-6/h14-21,24-26,34-37,43-44,47-49,54-55H,7-13,22-23H2,1-6H3,(H,45,46)/t25-,26-,34-,35+,36+,37+,43?,44?/m1/s1. The Labute approximate surface area is 345 Å². The van der Waals surface area contributed by atoms with Crippen LogP contribution in [0.4, 0.5) is 0 Å². The van der Waals surface area contributed by atoms with Gasteiger partial charge in [0, 0.05) is 52.9 Å². The quantitative estimate of drug-likeness (QED) is 0.0832. The number of aliphatic hydroxyl groups is 2. The lowest BCUT2D eigenvalue weighted by Gasteiger charge is -2.32. The number of likely N-dealkylation sites (tertiary alicyclic amines) is 2. The maximum Gasteiger partial charge on any atom is 0.243 e. The van der Waals surface area contributed by atoms with E-state index in [9.17, 15) is 19.8 Å². The van der Waals surface area contributed by atoms with E-state index in [1.165, 1.54) is 32.5 Å². The van der Waals surface area contributed by atoms with Gasteiger partial charge in [-0.2, -0.15) is 0 Å². The van der Waals surface area contributed by atoms with Crippen molar-refractivity contribution < 1.29 is 38.7 Å². The maximum atomic E-state index is 14.0. The third kappa shape index (κ3) is 8.89. The van der Waals surface area contributed by atoms with Crippen LogP contribution in [0.3, 0.4) is 0 Å². The van der Waals surface area contributed by atoms with Gasteiger partial charge >= 0.3 is 0 Å². The van der Waals surface area contributed by atoms with Gasteiger partial charge in [-0.15, -0.1) is 0 Å². The van der Waals surface area contributed by atoms with E-state index in [2.05, 4.69) is 69.1 Å². The number of carbonyl (C=O) groups is 2. The first-order valence-electron chi connectivity index (χ1n) is 20.7. The highest BCUT2D eigenvalue weighted by atomic mass is 16.6. The molecule has 2 aromatic heterocycles. The number of ether oxygens (including phenoxy) is 4. The van der Waals surface area contributed by atoms with E-state index in [0.29, 0.717) is 13.1 Å². The Balaban J connectivity index is 1.05. The van der Waals surface area contributed by atoms with Crippen molar-refractivity contribution in [2.75, 3.05) is 41.5 Å². The number of benzene rings is 2. The van der Waals surface area contributed by atoms with Crippen LogP contribution in [0.2, 0.25) is 0 Å². The van der Waals surface area contributed by atoms with Crippen LogP contribution in [0.25, 0.3) is 33.6 Å². The van der Waals surface area contributed by atoms with Crippen molar-refractivity contribution in [3.63, 3.8) is 0 Å². The van der Waals surface area contributed by atoms with Gasteiger partial charge in [-0.05, 0) is 92.2 Å². The third-order valence-corrected chi connectivity index (χ3v) is 12.4. The van der Waals surface area contributed by atoms with Gasteiger partial charge in [-0.1, -0.05) is 48.5 Å². The second kappa shape index (κ2) is 18.9. The van der Waals surface area contributed by atoms with Gasteiger partial charge in [-0.3, -0.25) is 20.2 Å². The number of nitrogens with one attached hydrogen (secondary N) is 4. The minimum atomic E-state index is -1.30. The average molecular weight is 814 g/mol. The van der Waals surface area contributed by atoms with Crippen molar-refractivity contribution in [1.82, 2.24) is 35.4 Å². The number of amides is 2. The summed E-state index contributed by atoms with van der Waals surface area (Å²) in [5, 5.41) is 26.0. The molecule has 2 amide bonds. The summed E-state index contributed by atoms with van der Waals surface area (Å²) in [6.45, 7) is 4.81. The topological polar surface area (TPSA) is 187 Å². The summed E-state index contributed by atoms with van der Waals surface area (Å²) >= 11 is 0. The summed E-state index contributed by atoms with van der Waals surface area (Å²) in [6.07, 6.45) is 4.68.